The van der Waals surface area contributed by atoms with Gasteiger partial charge in [0.05, 0.1) is 24.6 Å². The van der Waals surface area contributed by atoms with Gasteiger partial charge < -0.3 is 10.5 Å². The molecule has 1 heterocycles. The van der Waals surface area contributed by atoms with Crippen molar-refractivity contribution in [1.82, 2.24) is 15.2 Å². The van der Waals surface area contributed by atoms with E-state index in [-0.39, 0.29) is 5.11 Å². The largest absolute Gasteiger partial charge is 0.481 e. The fourth-order valence-corrected chi connectivity index (χ4v) is 1.26. The third-order valence-corrected chi connectivity index (χ3v) is 1.87. The molecule has 0 fully saturated rings. The maximum absolute atomic E-state index is 5.22. The highest BCUT2D eigenvalue weighted by Crippen LogP contribution is 2.18. The van der Waals surface area contributed by atoms with Crippen molar-refractivity contribution in [2.45, 2.75) is 6.92 Å². The number of aryl methyl sites for hydroxylation is 2. The molecule has 82 valence electrons. The maximum atomic E-state index is 5.22. The summed E-state index contributed by atoms with van der Waals surface area (Å²) in [6, 6.07) is 0. The fourth-order valence-electron chi connectivity index (χ4n) is 1.20. The van der Waals surface area contributed by atoms with Crippen molar-refractivity contribution in [1.29, 1.82) is 0 Å². The standard InChI is InChI=1S/C8H13N5OS/c1-5-6(4-10-11-8(9)15)7(14-3)13(2)12-5/h4H,1-3H3,(H3,9,11,15). The van der Waals surface area contributed by atoms with Crippen LogP contribution in [0, 0.1) is 6.92 Å². The lowest BCUT2D eigenvalue weighted by Crippen LogP contribution is -2.24. The molecule has 0 aliphatic heterocycles. The molecule has 0 aliphatic carbocycles. The van der Waals surface area contributed by atoms with Crippen LogP contribution in [0.4, 0.5) is 0 Å². The summed E-state index contributed by atoms with van der Waals surface area (Å²) in [5.74, 6) is 0.640. The highest BCUT2D eigenvalue weighted by molar-refractivity contribution is 7.80. The van der Waals surface area contributed by atoms with E-state index >= 15 is 0 Å². The van der Waals surface area contributed by atoms with Crippen molar-refractivity contribution in [2.24, 2.45) is 17.9 Å². The molecule has 3 N–H and O–H groups in total. The number of thiocarbonyl (C=S) groups is 1. The smallest absolute Gasteiger partial charge is 0.220 e. The molecule has 7 heteroatoms. The van der Waals surface area contributed by atoms with Crippen molar-refractivity contribution < 1.29 is 4.74 Å². The summed E-state index contributed by atoms with van der Waals surface area (Å²) in [4.78, 5) is 0. The van der Waals surface area contributed by atoms with Crippen LogP contribution in [0.5, 0.6) is 5.88 Å². The van der Waals surface area contributed by atoms with E-state index in [1.807, 2.05) is 6.92 Å². The van der Waals surface area contributed by atoms with Gasteiger partial charge in [-0.15, -0.1) is 0 Å². The summed E-state index contributed by atoms with van der Waals surface area (Å²) in [5, 5.41) is 8.15. The van der Waals surface area contributed by atoms with Crippen molar-refractivity contribution in [3.05, 3.63) is 11.3 Å². The summed E-state index contributed by atoms with van der Waals surface area (Å²) < 4.78 is 6.81. The van der Waals surface area contributed by atoms with Crippen LogP contribution in [0.15, 0.2) is 5.10 Å². The van der Waals surface area contributed by atoms with Gasteiger partial charge in [-0.2, -0.15) is 10.2 Å². The first-order valence-corrected chi connectivity index (χ1v) is 4.63. The molecule has 1 aromatic rings. The molecule has 0 saturated heterocycles. The predicted molar refractivity (Wildman–Crippen MR) is 62.0 cm³/mol. The van der Waals surface area contributed by atoms with Crippen LogP contribution < -0.4 is 15.9 Å². The molecule has 0 spiro atoms. The van der Waals surface area contributed by atoms with Crippen LogP contribution in [0.3, 0.4) is 0 Å². The van der Waals surface area contributed by atoms with Gasteiger partial charge in [-0.25, -0.2) is 4.68 Å². The Bertz CT molecular complexity index is 398. The first-order chi connectivity index (χ1) is 7.06. The third kappa shape index (κ3) is 2.66. The highest BCUT2D eigenvalue weighted by atomic mass is 32.1. The quantitative estimate of drug-likeness (QED) is 0.428. The topological polar surface area (TPSA) is 77.5 Å². The van der Waals surface area contributed by atoms with Crippen molar-refractivity contribution in [3.63, 3.8) is 0 Å². The zero-order chi connectivity index (χ0) is 11.4. The van der Waals surface area contributed by atoms with Gasteiger partial charge in [-0.1, -0.05) is 0 Å². The van der Waals surface area contributed by atoms with Crippen LogP contribution in [0.2, 0.25) is 0 Å². The van der Waals surface area contributed by atoms with Crippen molar-refractivity contribution in [3.8, 4) is 5.88 Å². The number of nitrogens with zero attached hydrogens (tertiary/aromatic N) is 3. The SMILES string of the molecule is COc1c(C=NNC(N)=S)c(C)nn1C. The molecule has 1 aromatic heterocycles. The summed E-state index contributed by atoms with van der Waals surface area (Å²) in [5.41, 5.74) is 9.31. The minimum Gasteiger partial charge on any atom is -0.481 e. The van der Waals surface area contributed by atoms with Gasteiger partial charge >= 0.3 is 0 Å². The molecule has 0 aromatic carbocycles. The molecular weight excluding hydrogens is 214 g/mol. The average Bonchev–Trinajstić information content (AvgIpc) is 2.41. The molecule has 6 nitrogen and oxygen atoms in total. The Morgan fingerprint density at radius 1 is 1.73 bits per heavy atom. The number of hydrogen-bond acceptors (Lipinski definition) is 4. The minimum absolute atomic E-state index is 0.117. The lowest BCUT2D eigenvalue weighted by Gasteiger charge is -2.00. The lowest BCUT2D eigenvalue weighted by molar-refractivity contribution is 0.373. The Labute approximate surface area is 93.1 Å². The van der Waals surface area contributed by atoms with Crippen LogP contribution in [-0.4, -0.2) is 28.2 Å². The number of nitrogens with one attached hydrogen (secondary N) is 1. The molecule has 0 atom stereocenters. The Hall–Kier alpha value is -1.63. The van der Waals surface area contributed by atoms with Crippen LogP contribution in [-0.2, 0) is 7.05 Å². The summed E-state index contributed by atoms with van der Waals surface area (Å²) in [6.07, 6.45) is 1.57. The van der Waals surface area contributed by atoms with Crippen molar-refractivity contribution in [2.75, 3.05) is 7.11 Å². The number of nitrogens with two attached hydrogens (primary N) is 1. The Morgan fingerprint density at radius 2 is 2.40 bits per heavy atom. The third-order valence-electron chi connectivity index (χ3n) is 1.78. The number of aromatic nitrogens is 2. The molecule has 0 aliphatic rings. The first kappa shape index (κ1) is 11.4. The number of hydrazone groups is 1. The molecule has 0 unspecified atom stereocenters. The second-order valence-electron chi connectivity index (χ2n) is 2.87. The van der Waals surface area contributed by atoms with E-state index in [9.17, 15) is 0 Å². The number of ether oxygens (including phenoxy) is 1. The second kappa shape index (κ2) is 4.74. The van der Waals surface area contributed by atoms with Crippen LogP contribution in [0.1, 0.15) is 11.3 Å². The molecule has 0 saturated carbocycles. The van der Waals surface area contributed by atoms with Gasteiger partial charge in [0.15, 0.2) is 5.11 Å². The lowest BCUT2D eigenvalue weighted by atomic mass is 10.3. The Kier molecular flexibility index (Phi) is 3.62. The summed E-state index contributed by atoms with van der Waals surface area (Å²) >= 11 is 4.61. The van der Waals surface area contributed by atoms with Gasteiger partial charge in [-0.3, -0.25) is 5.43 Å². The van der Waals surface area contributed by atoms with E-state index in [1.54, 1.807) is 25.1 Å². The summed E-state index contributed by atoms with van der Waals surface area (Å²) in [6.45, 7) is 1.87. The normalized spacial score (nSPS) is 10.6. The predicted octanol–water partition coefficient (Wildman–Crippen LogP) is -0.0958. The average molecular weight is 227 g/mol. The van der Waals surface area contributed by atoms with Crippen LogP contribution in [0.25, 0.3) is 0 Å². The molecule has 0 bridgehead atoms. The first-order valence-electron chi connectivity index (χ1n) is 4.22. The number of rotatable bonds is 3. The zero-order valence-electron chi connectivity index (χ0n) is 8.81. The maximum Gasteiger partial charge on any atom is 0.220 e. The molecule has 0 amide bonds. The Morgan fingerprint density at radius 3 is 2.93 bits per heavy atom. The van der Waals surface area contributed by atoms with E-state index in [0.29, 0.717) is 5.88 Å². The van der Waals surface area contributed by atoms with E-state index in [4.69, 9.17) is 10.5 Å². The van der Waals surface area contributed by atoms with Gasteiger partial charge in [0.2, 0.25) is 5.88 Å². The monoisotopic (exact) mass is 227 g/mol. The molecular formula is C8H13N5OS. The van der Waals surface area contributed by atoms with E-state index in [2.05, 4.69) is 27.8 Å². The van der Waals surface area contributed by atoms with Crippen LogP contribution >= 0.6 is 12.2 Å². The van der Waals surface area contributed by atoms with Gasteiger partial charge in [0.25, 0.3) is 0 Å². The van der Waals surface area contributed by atoms with Gasteiger partial charge in [0.1, 0.15) is 0 Å². The Balaban J connectivity index is 2.93. The van der Waals surface area contributed by atoms with Crippen molar-refractivity contribution >= 4 is 23.5 Å². The molecule has 0 radical (unpaired) electrons. The highest BCUT2D eigenvalue weighted by Gasteiger charge is 2.11. The summed E-state index contributed by atoms with van der Waals surface area (Å²) in [7, 11) is 3.37. The molecule has 1 rings (SSSR count). The fraction of sp³-hybridized carbons (Fsp3) is 0.375. The minimum atomic E-state index is 0.117. The number of hydrogen-bond donors (Lipinski definition) is 2. The van der Waals surface area contributed by atoms with E-state index in [1.165, 1.54) is 0 Å². The van der Waals surface area contributed by atoms with Gasteiger partial charge in [-0.05, 0) is 19.1 Å². The van der Waals surface area contributed by atoms with E-state index < -0.39 is 0 Å². The number of methoxy groups -OCH3 is 1. The second-order valence-corrected chi connectivity index (χ2v) is 3.31. The molecule has 15 heavy (non-hydrogen) atoms. The van der Waals surface area contributed by atoms with E-state index in [0.717, 1.165) is 11.3 Å². The zero-order valence-corrected chi connectivity index (χ0v) is 9.63. The van der Waals surface area contributed by atoms with Gasteiger partial charge in [0, 0.05) is 7.05 Å².